The lowest BCUT2D eigenvalue weighted by Crippen LogP contribution is -2.44. The molecule has 4 saturated carbocycles. The largest absolute Gasteiger partial charge is 0.192 e. The van der Waals surface area contributed by atoms with E-state index in [4.69, 9.17) is 0 Å². The van der Waals surface area contributed by atoms with Gasteiger partial charge in [-0.1, -0.05) is 95.2 Å². The van der Waals surface area contributed by atoms with Crippen LogP contribution in [0, 0.1) is 34.0 Å². The minimum absolute atomic E-state index is 0.347. The first-order valence-electron chi connectivity index (χ1n) is 16.6. The predicted octanol–water partition coefficient (Wildman–Crippen LogP) is 11.1. The molecule has 0 spiro atoms. The molecule has 0 aromatic heterocycles. The number of hydrogen-bond acceptors (Lipinski definition) is 2. The first-order chi connectivity index (χ1) is 19.6. The third kappa shape index (κ3) is 5.89. The molecule has 4 aliphatic rings. The van der Waals surface area contributed by atoms with Crippen LogP contribution in [0.5, 0.6) is 0 Å². The summed E-state index contributed by atoms with van der Waals surface area (Å²) in [6.07, 6.45) is 23.8. The van der Waals surface area contributed by atoms with Gasteiger partial charge in [-0.15, -0.1) is 0 Å². The van der Waals surface area contributed by atoms with E-state index in [2.05, 4.69) is 62.4 Å². The van der Waals surface area contributed by atoms with Gasteiger partial charge in [0.05, 0.1) is 11.1 Å². The van der Waals surface area contributed by atoms with Gasteiger partial charge in [-0.25, -0.2) is 0 Å². The molecule has 0 N–H and O–H groups in total. The second-order valence-electron chi connectivity index (χ2n) is 13.7. The lowest BCUT2D eigenvalue weighted by molar-refractivity contribution is 0.0305. The minimum atomic E-state index is 0.347. The third-order valence-electron chi connectivity index (χ3n) is 11.5. The standard InChI is InChI=1S/C38H50N2/c1-3-5-7-9-29-10-12-30(13-11-29)33-18-19-34(36(28-40)35(33)27-39)31-14-16-32(17-15-31)38-24-21-37(22-25-38,23-26-38)20-8-6-4-2/h14-19,29-30H,3-13,20-26H2,1-2H3/t29-,30-,37?,38?. The third-order valence-corrected chi connectivity index (χ3v) is 11.5. The van der Waals surface area contributed by atoms with Gasteiger partial charge in [0.25, 0.3) is 0 Å². The van der Waals surface area contributed by atoms with Gasteiger partial charge in [-0.05, 0) is 110 Å². The van der Waals surface area contributed by atoms with Crippen LogP contribution in [0.1, 0.15) is 158 Å². The van der Waals surface area contributed by atoms with Crippen LogP contribution in [0.2, 0.25) is 0 Å². The number of rotatable bonds is 11. The molecule has 212 valence electrons. The highest BCUT2D eigenvalue weighted by atomic mass is 14.5. The minimum Gasteiger partial charge on any atom is -0.192 e. The van der Waals surface area contributed by atoms with E-state index in [0.29, 0.717) is 27.9 Å². The Balaban J connectivity index is 1.29. The second kappa shape index (κ2) is 12.9. The highest BCUT2D eigenvalue weighted by Crippen LogP contribution is 2.59. The fourth-order valence-electron chi connectivity index (χ4n) is 8.71. The summed E-state index contributed by atoms with van der Waals surface area (Å²) in [6, 6.07) is 18.3. The molecule has 2 nitrogen and oxygen atoms in total. The predicted molar refractivity (Wildman–Crippen MR) is 166 cm³/mol. The molecule has 0 atom stereocenters. The van der Waals surface area contributed by atoms with Gasteiger partial charge in [-0.3, -0.25) is 0 Å². The molecule has 2 aromatic carbocycles. The van der Waals surface area contributed by atoms with Crippen molar-refractivity contribution in [1.29, 1.82) is 10.5 Å². The lowest BCUT2D eigenvalue weighted by atomic mass is 9.51. The quantitative estimate of drug-likeness (QED) is 0.269. The SMILES string of the molecule is CCCCCC12CCC(c3ccc(-c4ccc([C@H]5CC[C@H](CCCCC)CC5)c(C#N)c4C#N)cc3)(CC1)CC2. The van der Waals surface area contributed by atoms with Gasteiger partial charge in [0.1, 0.15) is 12.1 Å². The first kappa shape index (κ1) is 28.9. The first-order valence-corrected chi connectivity index (χ1v) is 16.6. The second-order valence-corrected chi connectivity index (χ2v) is 13.7. The van der Waals surface area contributed by atoms with Gasteiger partial charge in [-0.2, -0.15) is 10.5 Å². The van der Waals surface area contributed by atoms with Gasteiger partial charge in [0.15, 0.2) is 0 Å². The zero-order chi connectivity index (χ0) is 28.0. The average Bonchev–Trinajstić information content (AvgIpc) is 3.02. The maximum absolute atomic E-state index is 10.2. The molecule has 2 heteroatoms. The van der Waals surface area contributed by atoms with Crippen LogP contribution in [0.15, 0.2) is 36.4 Å². The Morgan fingerprint density at radius 3 is 1.93 bits per heavy atom. The number of nitrogens with zero attached hydrogens (tertiary/aromatic N) is 2. The van der Waals surface area contributed by atoms with Crippen LogP contribution >= 0.6 is 0 Å². The highest BCUT2D eigenvalue weighted by molar-refractivity contribution is 5.75. The van der Waals surface area contributed by atoms with Crippen molar-refractivity contribution in [2.75, 3.05) is 0 Å². The number of nitriles is 2. The number of hydrogen-bond donors (Lipinski definition) is 0. The molecule has 0 aliphatic heterocycles. The molecule has 0 heterocycles. The monoisotopic (exact) mass is 534 g/mol. The van der Waals surface area contributed by atoms with E-state index >= 15 is 0 Å². The summed E-state index contributed by atoms with van der Waals surface area (Å²) in [4.78, 5) is 0. The maximum atomic E-state index is 10.2. The molecule has 2 bridgehead atoms. The van der Waals surface area contributed by atoms with Crippen LogP contribution in [-0.2, 0) is 5.41 Å². The Morgan fingerprint density at radius 1 is 0.700 bits per heavy atom. The van der Waals surface area contributed by atoms with Crippen LogP contribution in [0.4, 0.5) is 0 Å². The van der Waals surface area contributed by atoms with Crippen molar-refractivity contribution in [2.24, 2.45) is 11.3 Å². The highest BCUT2D eigenvalue weighted by Gasteiger charge is 2.48. The summed E-state index contributed by atoms with van der Waals surface area (Å²) in [7, 11) is 0. The van der Waals surface area contributed by atoms with Crippen molar-refractivity contribution in [3.8, 4) is 23.3 Å². The molecule has 0 amide bonds. The fraction of sp³-hybridized carbons (Fsp3) is 0.632. The van der Waals surface area contributed by atoms with E-state index in [9.17, 15) is 10.5 Å². The van der Waals surface area contributed by atoms with Gasteiger partial charge in [0.2, 0.25) is 0 Å². The van der Waals surface area contributed by atoms with Crippen molar-refractivity contribution >= 4 is 0 Å². The zero-order valence-corrected chi connectivity index (χ0v) is 25.2. The van der Waals surface area contributed by atoms with E-state index < -0.39 is 0 Å². The Bertz CT molecular complexity index is 1190. The molecule has 40 heavy (non-hydrogen) atoms. The molecule has 4 fully saturated rings. The summed E-state index contributed by atoms with van der Waals surface area (Å²) in [5, 5.41) is 20.4. The van der Waals surface area contributed by atoms with Crippen molar-refractivity contribution in [1.82, 2.24) is 0 Å². The maximum Gasteiger partial charge on any atom is 0.101 e. The van der Waals surface area contributed by atoms with Crippen LogP contribution in [0.3, 0.4) is 0 Å². The number of fused-ring (bicyclic) bond motifs is 3. The Kier molecular flexibility index (Phi) is 9.36. The summed E-state index contributed by atoms with van der Waals surface area (Å²) in [5.74, 6) is 1.25. The van der Waals surface area contributed by atoms with E-state index in [0.717, 1.165) is 35.4 Å². The molecule has 4 aliphatic carbocycles. The average molecular weight is 535 g/mol. The topological polar surface area (TPSA) is 47.6 Å². The van der Waals surface area contributed by atoms with Crippen molar-refractivity contribution in [3.05, 3.63) is 58.7 Å². The molecular formula is C38H50N2. The Hall–Kier alpha value is -2.58. The number of benzene rings is 2. The fourth-order valence-corrected chi connectivity index (χ4v) is 8.71. The van der Waals surface area contributed by atoms with E-state index in [1.807, 2.05) is 0 Å². The van der Waals surface area contributed by atoms with Crippen molar-refractivity contribution < 1.29 is 0 Å². The van der Waals surface area contributed by atoms with Gasteiger partial charge in [0, 0.05) is 5.56 Å². The van der Waals surface area contributed by atoms with Crippen molar-refractivity contribution in [3.63, 3.8) is 0 Å². The summed E-state index contributed by atoms with van der Waals surface area (Å²) in [5.41, 5.74) is 6.76. The van der Waals surface area contributed by atoms with E-state index in [1.54, 1.807) is 0 Å². The Morgan fingerprint density at radius 2 is 1.32 bits per heavy atom. The van der Waals surface area contributed by atoms with Crippen molar-refractivity contribution in [2.45, 2.75) is 141 Å². The smallest absolute Gasteiger partial charge is 0.101 e. The van der Waals surface area contributed by atoms with Gasteiger partial charge >= 0.3 is 0 Å². The lowest BCUT2D eigenvalue weighted by Gasteiger charge is -2.54. The summed E-state index contributed by atoms with van der Waals surface area (Å²) < 4.78 is 0. The van der Waals surface area contributed by atoms with Crippen LogP contribution in [0.25, 0.3) is 11.1 Å². The van der Waals surface area contributed by atoms with E-state index in [-0.39, 0.29) is 0 Å². The molecule has 0 unspecified atom stereocenters. The summed E-state index contributed by atoms with van der Waals surface area (Å²) in [6.45, 7) is 4.58. The Labute approximate surface area is 244 Å². The zero-order valence-electron chi connectivity index (χ0n) is 25.2. The molecule has 0 saturated heterocycles. The van der Waals surface area contributed by atoms with Gasteiger partial charge < -0.3 is 0 Å². The molecule has 2 aromatic rings. The normalized spacial score (nSPS) is 27.7. The van der Waals surface area contributed by atoms with E-state index in [1.165, 1.54) is 108 Å². The summed E-state index contributed by atoms with van der Waals surface area (Å²) >= 11 is 0. The van der Waals surface area contributed by atoms with Crippen LogP contribution in [-0.4, -0.2) is 0 Å². The molecule has 0 radical (unpaired) electrons. The number of unbranched alkanes of at least 4 members (excludes halogenated alkanes) is 4. The molecular weight excluding hydrogens is 484 g/mol. The molecule has 6 rings (SSSR count). The van der Waals surface area contributed by atoms with Crippen LogP contribution < -0.4 is 0 Å².